The molecule has 5 heteroatoms. The van der Waals surface area contributed by atoms with Crippen molar-refractivity contribution in [3.8, 4) is 0 Å². The van der Waals surface area contributed by atoms with E-state index in [-0.39, 0.29) is 0 Å². The second-order valence-electron chi connectivity index (χ2n) is 5.01. The number of sulfonamides is 1. The number of nitrogens with zero attached hydrogens (tertiary/aromatic N) is 1. The third kappa shape index (κ3) is 3.04. The average molecular weight is 296 g/mol. The van der Waals surface area contributed by atoms with Gasteiger partial charge in [0.15, 0.2) is 0 Å². The minimum absolute atomic E-state index is 0.308. The molecule has 0 unspecified atom stereocenters. The van der Waals surface area contributed by atoms with Gasteiger partial charge in [0, 0.05) is 18.8 Å². The van der Waals surface area contributed by atoms with Gasteiger partial charge in [-0.05, 0) is 49.9 Å². The zero-order valence-electron chi connectivity index (χ0n) is 12.7. The Morgan fingerprint density at radius 2 is 1.90 bits per heavy atom. The van der Waals surface area contributed by atoms with E-state index < -0.39 is 10.0 Å². The lowest BCUT2D eigenvalue weighted by molar-refractivity contribution is 0.440. The molecule has 1 aromatic rings. The SMILES string of the molecule is C=CCN(CCC)S(=O)(=O)c1c(C)c(C)cc(N)c1C. The van der Waals surface area contributed by atoms with Gasteiger partial charge in [0.25, 0.3) is 0 Å². The number of nitrogen functional groups attached to an aromatic ring is 1. The molecule has 0 aliphatic heterocycles. The molecule has 0 bridgehead atoms. The monoisotopic (exact) mass is 296 g/mol. The van der Waals surface area contributed by atoms with Gasteiger partial charge >= 0.3 is 0 Å². The van der Waals surface area contributed by atoms with Gasteiger partial charge in [0.2, 0.25) is 10.0 Å². The number of nitrogens with two attached hydrogens (primary N) is 1. The van der Waals surface area contributed by atoms with E-state index in [0.717, 1.165) is 17.5 Å². The van der Waals surface area contributed by atoms with Crippen LogP contribution in [0.5, 0.6) is 0 Å². The van der Waals surface area contributed by atoms with E-state index in [1.54, 1.807) is 13.0 Å². The van der Waals surface area contributed by atoms with Crippen molar-refractivity contribution >= 4 is 15.7 Å². The van der Waals surface area contributed by atoms with Gasteiger partial charge in [-0.1, -0.05) is 13.0 Å². The fourth-order valence-electron chi connectivity index (χ4n) is 2.26. The summed E-state index contributed by atoms with van der Waals surface area (Å²) in [5, 5.41) is 0. The summed E-state index contributed by atoms with van der Waals surface area (Å²) >= 11 is 0. The maximum Gasteiger partial charge on any atom is 0.243 e. The minimum Gasteiger partial charge on any atom is -0.398 e. The molecule has 1 aromatic carbocycles. The van der Waals surface area contributed by atoms with E-state index in [0.29, 0.717) is 29.2 Å². The second-order valence-corrected chi connectivity index (χ2v) is 6.89. The minimum atomic E-state index is -3.55. The van der Waals surface area contributed by atoms with Gasteiger partial charge in [0.05, 0.1) is 4.90 Å². The summed E-state index contributed by atoms with van der Waals surface area (Å²) in [6.45, 7) is 11.8. The Hall–Kier alpha value is -1.33. The van der Waals surface area contributed by atoms with Crippen LogP contribution in [0.1, 0.15) is 30.0 Å². The number of benzene rings is 1. The summed E-state index contributed by atoms with van der Waals surface area (Å²) in [7, 11) is -3.55. The highest BCUT2D eigenvalue weighted by atomic mass is 32.2. The van der Waals surface area contributed by atoms with Gasteiger partial charge in [-0.3, -0.25) is 0 Å². The largest absolute Gasteiger partial charge is 0.398 e. The van der Waals surface area contributed by atoms with Crippen LogP contribution >= 0.6 is 0 Å². The van der Waals surface area contributed by atoms with Crippen molar-refractivity contribution in [1.82, 2.24) is 4.31 Å². The number of aryl methyl sites for hydroxylation is 1. The molecular weight excluding hydrogens is 272 g/mol. The first-order valence-corrected chi connectivity index (χ1v) is 8.18. The molecule has 0 radical (unpaired) electrons. The molecule has 0 spiro atoms. The number of anilines is 1. The van der Waals surface area contributed by atoms with Crippen LogP contribution in [0.25, 0.3) is 0 Å². The molecule has 0 heterocycles. The lowest BCUT2D eigenvalue weighted by Gasteiger charge is -2.23. The third-order valence-corrected chi connectivity index (χ3v) is 5.62. The quantitative estimate of drug-likeness (QED) is 0.648. The Kier molecular flexibility index (Phi) is 5.36. The standard InChI is InChI=1S/C15H24N2O2S/c1-6-8-17(9-7-2)20(18,19)15-12(4)11(3)10-14(16)13(15)5/h6,10H,1,7-9,16H2,2-5H3. The molecule has 20 heavy (non-hydrogen) atoms. The first-order valence-electron chi connectivity index (χ1n) is 6.74. The van der Waals surface area contributed by atoms with Gasteiger partial charge in [-0.25, -0.2) is 8.42 Å². The molecular formula is C15H24N2O2S. The van der Waals surface area contributed by atoms with E-state index in [1.165, 1.54) is 4.31 Å². The topological polar surface area (TPSA) is 63.4 Å². The molecule has 0 saturated heterocycles. The number of hydrogen-bond acceptors (Lipinski definition) is 3. The zero-order valence-corrected chi connectivity index (χ0v) is 13.5. The summed E-state index contributed by atoms with van der Waals surface area (Å²) < 4.78 is 27.2. The Balaban J connectivity index is 3.52. The summed E-state index contributed by atoms with van der Waals surface area (Å²) in [6.07, 6.45) is 2.36. The predicted molar refractivity (Wildman–Crippen MR) is 84.3 cm³/mol. The average Bonchev–Trinajstić information content (AvgIpc) is 2.36. The van der Waals surface area contributed by atoms with Crippen LogP contribution in [0.3, 0.4) is 0 Å². The highest BCUT2D eigenvalue weighted by Crippen LogP contribution is 2.30. The van der Waals surface area contributed by atoms with Crippen LogP contribution in [-0.2, 0) is 10.0 Å². The van der Waals surface area contributed by atoms with Crippen LogP contribution in [0.2, 0.25) is 0 Å². The molecule has 0 aliphatic carbocycles. The molecule has 0 amide bonds. The van der Waals surface area contributed by atoms with E-state index in [4.69, 9.17) is 5.73 Å². The van der Waals surface area contributed by atoms with E-state index >= 15 is 0 Å². The normalized spacial score (nSPS) is 11.8. The van der Waals surface area contributed by atoms with Crippen molar-refractivity contribution < 1.29 is 8.42 Å². The molecule has 4 nitrogen and oxygen atoms in total. The van der Waals surface area contributed by atoms with E-state index in [9.17, 15) is 8.42 Å². The molecule has 0 saturated carbocycles. The summed E-state index contributed by atoms with van der Waals surface area (Å²) in [4.78, 5) is 0.338. The first kappa shape index (κ1) is 16.7. The molecule has 0 aliphatic rings. The van der Waals surface area contributed by atoms with Crippen molar-refractivity contribution in [2.75, 3.05) is 18.8 Å². The Bertz CT molecular complexity index is 581. The van der Waals surface area contributed by atoms with E-state index in [1.807, 2.05) is 26.8 Å². The first-order chi connectivity index (χ1) is 9.27. The predicted octanol–water partition coefficient (Wildman–Crippen LogP) is 2.78. The van der Waals surface area contributed by atoms with Crippen LogP contribution < -0.4 is 5.73 Å². The fourth-order valence-corrected chi connectivity index (χ4v) is 4.30. The maximum absolute atomic E-state index is 12.9. The van der Waals surface area contributed by atoms with Gasteiger partial charge in [-0.2, -0.15) is 4.31 Å². The van der Waals surface area contributed by atoms with Crippen molar-refractivity contribution in [2.24, 2.45) is 0 Å². The number of rotatable bonds is 6. The zero-order chi connectivity index (χ0) is 15.5. The Labute approximate surface area is 122 Å². The van der Waals surface area contributed by atoms with E-state index in [2.05, 4.69) is 6.58 Å². The fraction of sp³-hybridized carbons (Fsp3) is 0.467. The van der Waals surface area contributed by atoms with Crippen molar-refractivity contribution in [3.05, 3.63) is 35.4 Å². The molecule has 0 aromatic heterocycles. The second kappa shape index (κ2) is 6.41. The smallest absolute Gasteiger partial charge is 0.243 e. The Morgan fingerprint density at radius 1 is 1.30 bits per heavy atom. The molecule has 0 atom stereocenters. The molecule has 2 N–H and O–H groups in total. The summed E-state index contributed by atoms with van der Waals surface area (Å²) in [6, 6.07) is 1.82. The van der Waals surface area contributed by atoms with Crippen LogP contribution in [0, 0.1) is 20.8 Å². The molecule has 0 fully saturated rings. The lowest BCUT2D eigenvalue weighted by atomic mass is 10.1. The van der Waals surface area contributed by atoms with Crippen molar-refractivity contribution in [3.63, 3.8) is 0 Å². The highest BCUT2D eigenvalue weighted by molar-refractivity contribution is 7.89. The van der Waals surface area contributed by atoms with Gasteiger partial charge in [0.1, 0.15) is 0 Å². The maximum atomic E-state index is 12.9. The van der Waals surface area contributed by atoms with Gasteiger partial charge in [-0.15, -0.1) is 6.58 Å². The summed E-state index contributed by atoms with van der Waals surface area (Å²) in [5.74, 6) is 0. The number of hydrogen-bond donors (Lipinski definition) is 1. The lowest BCUT2D eigenvalue weighted by Crippen LogP contribution is -2.33. The van der Waals surface area contributed by atoms with Crippen LogP contribution in [-0.4, -0.2) is 25.8 Å². The molecule has 1 rings (SSSR count). The highest BCUT2D eigenvalue weighted by Gasteiger charge is 2.28. The summed E-state index contributed by atoms with van der Waals surface area (Å²) in [5.41, 5.74) is 8.73. The Morgan fingerprint density at radius 3 is 2.40 bits per heavy atom. The van der Waals surface area contributed by atoms with Crippen molar-refractivity contribution in [2.45, 2.75) is 39.0 Å². The third-order valence-electron chi connectivity index (χ3n) is 3.48. The van der Waals surface area contributed by atoms with Gasteiger partial charge < -0.3 is 5.73 Å². The molecule has 112 valence electrons. The van der Waals surface area contributed by atoms with Crippen LogP contribution in [0.4, 0.5) is 5.69 Å². The van der Waals surface area contributed by atoms with Crippen LogP contribution in [0.15, 0.2) is 23.6 Å². The van der Waals surface area contributed by atoms with Crippen molar-refractivity contribution in [1.29, 1.82) is 0 Å².